The molecule has 1 aliphatic heterocycles. The lowest BCUT2D eigenvalue weighted by atomic mass is 9.96. The highest BCUT2D eigenvalue weighted by Gasteiger charge is 2.26. The summed E-state index contributed by atoms with van der Waals surface area (Å²) < 4.78 is 13.6. The molecular weight excluding hydrogens is 699 g/mol. The zero-order chi connectivity index (χ0) is 37.4. The SMILES string of the molecule is Cc1cc(-c2ncnc3c2cc(-c2ncc(N4CCN(C(=O)O)CC4)s2)n3COCC[Si](C)(C)C)ccc1[C@@H](C)NC(=O)c1nc(C(C)(C)C)no1. The van der Waals surface area contributed by atoms with Crippen molar-refractivity contribution in [3.05, 3.63) is 59.6 Å². The molecule has 0 saturated carbocycles. The number of rotatable bonds is 11. The molecule has 1 saturated heterocycles. The Kier molecular flexibility index (Phi) is 10.5. The molecule has 1 aliphatic rings. The van der Waals surface area contributed by atoms with E-state index in [1.807, 2.05) is 52.9 Å². The summed E-state index contributed by atoms with van der Waals surface area (Å²) >= 11 is 1.57. The number of aromatic nitrogens is 6. The van der Waals surface area contributed by atoms with Crippen molar-refractivity contribution in [2.24, 2.45) is 0 Å². The minimum absolute atomic E-state index is 0.0627. The number of fused-ring (bicyclic) bond motifs is 1. The van der Waals surface area contributed by atoms with Crippen molar-refractivity contribution in [3.8, 4) is 22.0 Å². The molecule has 16 heteroatoms. The summed E-state index contributed by atoms with van der Waals surface area (Å²) in [4.78, 5) is 46.6. The van der Waals surface area contributed by atoms with Crippen LogP contribution in [-0.4, -0.2) is 92.5 Å². The topological polar surface area (TPSA) is 165 Å². The van der Waals surface area contributed by atoms with Crippen LogP contribution in [0.5, 0.6) is 0 Å². The van der Waals surface area contributed by atoms with Crippen LogP contribution < -0.4 is 10.2 Å². The van der Waals surface area contributed by atoms with Gasteiger partial charge in [-0.3, -0.25) is 9.36 Å². The van der Waals surface area contributed by atoms with Crippen LogP contribution in [0.3, 0.4) is 0 Å². The molecular formula is C36H47N9O5SSi. The van der Waals surface area contributed by atoms with Crippen molar-refractivity contribution in [1.82, 2.24) is 39.9 Å². The van der Waals surface area contributed by atoms with Crippen molar-refractivity contribution in [3.63, 3.8) is 0 Å². The van der Waals surface area contributed by atoms with Crippen LogP contribution in [0.25, 0.3) is 33.0 Å². The molecule has 0 aliphatic carbocycles. The van der Waals surface area contributed by atoms with Gasteiger partial charge >= 0.3 is 17.9 Å². The van der Waals surface area contributed by atoms with Crippen LogP contribution in [0.1, 0.15) is 61.4 Å². The van der Waals surface area contributed by atoms with Gasteiger partial charge in [0.05, 0.1) is 23.6 Å². The second-order valence-electron chi connectivity index (χ2n) is 15.5. The van der Waals surface area contributed by atoms with Crippen LogP contribution in [0.15, 0.2) is 41.3 Å². The Labute approximate surface area is 308 Å². The van der Waals surface area contributed by atoms with Gasteiger partial charge in [0.2, 0.25) is 0 Å². The molecule has 1 fully saturated rings. The van der Waals surface area contributed by atoms with Gasteiger partial charge in [0.15, 0.2) is 5.82 Å². The largest absolute Gasteiger partial charge is 0.465 e. The Bertz CT molecular complexity index is 2070. The molecule has 1 aromatic carbocycles. The van der Waals surface area contributed by atoms with E-state index in [0.29, 0.717) is 45.3 Å². The highest BCUT2D eigenvalue weighted by molar-refractivity contribution is 7.18. The predicted octanol–water partition coefficient (Wildman–Crippen LogP) is 6.81. The summed E-state index contributed by atoms with van der Waals surface area (Å²) in [5.74, 6) is -0.0129. The standard InChI is InChI=1S/C36H47N9O5SSi/c1-22-17-24(9-10-25(22)23(2)40-31(46)32-41-34(42-50-32)36(3,4)5)29-26-18-27(45(30(26)39-20-38-29)21-49-15-16-52(6,7)8)33-37-19-28(51-33)43-11-13-44(14-12-43)35(47)48/h9-10,17-20,23H,11-16,21H2,1-8H3,(H,40,46)(H,47,48)/t23-/m1/s1. The zero-order valence-corrected chi connectivity index (χ0v) is 32.9. The molecule has 276 valence electrons. The Morgan fingerprint density at radius 3 is 2.50 bits per heavy atom. The van der Waals surface area contributed by atoms with Gasteiger partial charge in [0.25, 0.3) is 0 Å². The number of piperazine rings is 1. The maximum atomic E-state index is 13.0. The third-order valence-corrected chi connectivity index (χ3v) is 11.9. The highest BCUT2D eigenvalue weighted by atomic mass is 32.1. The first-order valence-electron chi connectivity index (χ1n) is 17.5. The van der Waals surface area contributed by atoms with Gasteiger partial charge in [0.1, 0.15) is 28.7 Å². The van der Waals surface area contributed by atoms with Crippen molar-refractivity contribution < 1.29 is 24.0 Å². The maximum Gasteiger partial charge on any atom is 0.407 e. The molecule has 5 heterocycles. The van der Waals surface area contributed by atoms with Gasteiger partial charge in [-0.05, 0) is 43.2 Å². The monoisotopic (exact) mass is 745 g/mol. The number of amides is 2. The Morgan fingerprint density at radius 2 is 1.85 bits per heavy atom. The minimum atomic E-state index is -1.29. The summed E-state index contributed by atoms with van der Waals surface area (Å²) in [6.45, 7) is 19.9. The zero-order valence-electron chi connectivity index (χ0n) is 31.1. The molecule has 0 spiro atoms. The second-order valence-corrected chi connectivity index (χ2v) is 22.1. The molecule has 52 heavy (non-hydrogen) atoms. The fourth-order valence-electron chi connectivity index (χ4n) is 6.05. The number of carbonyl (C=O) groups excluding carboxylic acids is 1. The number of carboxylic acid groups (broad SMARTS) is 1. The van der Waals surface area contributed by atoms with Crippen molar-refractivity contribution >= 4 is 47.4 Å². The number of thiazole rings is 1. The predicted molar refractivity (Wildman–Crippen MR) is 204 cm³/mol. The van der Waals surface area contributed by atoms with Crippen LogP contribution in [0.4, 0.5) is 9.80 Å². The highest BCUT2D eigenvalue weighted by Crippen LogP contribution is 2.37. The van der Waals surface area contributed by atoms with E-state index >= 15 is 0 Å². The number of hydrogen-bond donors (Lipinski definition) is 2. The van der Waals surface area contributed by atoms with E-state index in [-0.39, 0.29) is 17.3 Å². The summed E-state index contributed by atoms with van der Waals surface area (Å²) in [5.41, 5.74) is 4.92. The van der Waals surface area contributed by atoms with E-state index < -0.39 is 20.1 Å². The smallest absolute Gasteiger partial charge is 0.407 e. The Balaban J connectivity index is 1.28. The molecule has 4 aromatic heterocycles. The quantitative estimate of drug-likeness (QED) is 0.108. The molecule has 2 N–H and O–H groups in total. The van der Waals surface area contributed by atoms with Crippen molar-refractivity contribution in [1.29, 1.82) is 0 Å². The average molecular weight is 746 g/mol. The number of nitrogens with one attached hydrogen (secondary N) is 1. The summed E-state index contributed by atoms with van der Waals surface area (Å²) in [6.07, 6.45) is 2.56. The number of anilines is 1. The average Bonchev–Trinajstić information content (AvgIpc) is 3.85. The van der Waals surface area contributed by atoms with Gasteiger partial charge in [-0.15, -0.1) is 0 Å². The van der Waals surface area contributed by atoms with E-state index in [9.17, 15) is 14.7 Å². The fraction of sp³-hybridized carbons (Fsp3) is 0.472. The summed E-state index contributed by atoms with van der Waals surface area (Å²) in [5, 5.41) is 19.0. The number of hydrogen-bond acceptors (Lipinski definition) is 11. The number of ether oxygens (including phenoxy) is 1. The van der Waals surface area contributed by atoms with E-state index in [1.165, 1.54) is 4.90 Å². The molecule has 2 amide bonds. The summed E-state index contributed by atoms with van der Waals surface area (Å²) in [7, 11) is -1.29. The first-order valence-corrected chi connectivity index (χ1v) is 22.0. The van der Waals surface area contributed by atoms with E-state index in [0.717, 1.165) is 55.2 Å². The first kappa shape index (κ1) is 37.1. The van der Waals surface area contributed by atoms with E-state index in [2.05, 4.69) is 56.7 Å². The third-order valence-electron chi connectivity index (χ3n) is 9.13. The van der Waals surface area contributed by atoms with Gasteiger partial charge in [-0.1, -0.05) is 69.0 Å². The molecule has 6 rings (SSSR count). The second kappa shape index (κ2) is 14.8. The van der Waals surface area contributed by atoms with Gasteiger partial charge in [-0.25, -0.2) is 19.7 Å². The molecule has 0 unspecified atom stereocenters. The number of carbonyl (C=O) groups is 2. The summed E-state index contributed by atoms with van der Waals surface area (Å²) in [6, 6.07) is 8.90. The van der Waals surface area contributed by atoms with Crippen molar-refractivity contribution in [2.45, 2.75) is 78.5 Å². The Morgan fingerprint density at radius 1 is 1.10 bits per heavy atom. The molecule has 0 radical (unpaired) electrons. The van der Waals surface area contributed by atoms with Crippen LogP contribution in [0.2, 0.25) is 25.7 Å². The van der Waals surface area contributed by atoms with Crippen LogP contribution in [0, 0.1) is 6.92 Å². The lowest BCUT2D eigenvalue weighted by Gasteiger charge is -2.33. The van der Waals surface area contributed by atoms with Crippen LogP contribution >= 0.6 is 11.3 Å². The molecule has 14 nitrogen and oxygen atoms in total. The number of aryl methyl sites for hydroxylation is 1. The third kappa shape index (κ3) is 8.18. The van der Waals surface area contributed by atoms with E-state index in [1.54, 1.807) is 17.7 Å². The van der Waals surface area contributed by atoms with E-state index in [4.69, 9.17) is 24.2 Å². The van der Waals surface area contributed by atoms with Crippen LogP contribution in [-0.2, 0) is 16.9 Å². The minimum Gasteiger partial charge on any atom is -0.465 e. The maximum absolute atomic E-state index is 13.0. The molecule has 5 aromatic rings. The van der Waals surface area contributed by atoms with Gasteiger partial charge < -0.3 is 29.5 Å². The van der Waals surface area contributed by atoms with Crippen molar-refractivity contribution in [2.75, 3.05) is 37.7 Å². The lowest BCUT2D eigenvalue weighted by Crippen LogP contribution is -2.48. The van der Waals surface area contributed by atoms with Gasteiger partial charge in [0, 0.05) is 57.2 Å². The first-order chi connectivity index (χ1) is 24.6. The number of nitrogens with zero attached hydrogens (tertiary/aromatic N) is 8. The Hall–Kier alpha value is -4.67. The molecule has 0 bridgehead atoms. The normalized spacial score (nSPS) is 14.6. The lowest BCUT2D eigenvalue weighted by molar-refractivity contribution is 0.0894. The van der Waals surface area contributed by atoms with Gasteiger partial charge in [-0.2, -0.15) is 4.98 Å². The number of benzene rings is 1. The fourth-order valence-corrected chi connectivity index (χ4v) is 7.80. The molecule has 1 atom stereocenters.